The maximum atomic E-state index is 6.20. The fourth-order valence-corrected chi connectivity index (χ4v) is 2.35. The minimum absolute atomic E-state index is 0.110. The van der Waals surface area contributed by atoms with Crippen molar-refractivity contribution in [2.75, 3.05) is 0 Å². The summed E-state index contributed by atoms with van der Waals surface area (Å²) >= 11 is 9.64. The molecule has 0 radical (unpaired) electrons. The van der Waals surface area contributed by atoms with Gasteiger partial charge in [0, 0.05) is 9.50 Å². The summed E-state index contributed by atoms with van der Waals surface area (Å²) in [5, 5.41) is 0.694. The lowest BCUT2D eigenvalue weighted by atomic mass is 9.99. The highest BCUT2D eigenvalue weighted by Gasteiger charge is 2.15. The van der Waals surface area contributed by atoms with E-state index in [-0.39, 0.29) is 6.04 Å². The van der Waals surface area contributed by atoms with Gasteiger partial charge in [-0.3, -0.25) is 5.84 Å². The molecule has 0 fully saturated rings. The maximum absolute atomic E-state index is 6.20. The molecule has 0 heterocycles. The van der Waals surface area contributed by atoms with Crippen molar-refractivity contribution in [2.45, 2.75) is 6.04 Å². The fourth-order valence-electron chi connectivity index (χ4n) is 1.75. The van der Waals surface area contributed by atoms with Crippen LogP contribution in [0.1, 0.15) is 17.2 Å². The molecular formula is C13H12BrClN2. The SMILES string of the molecule is NNC(c1ccccc1)c1cc(Br)ccc1Cl. The Morgan fingerprint density at radius 2 is 1.82 bits per heavy atom. The third-order valence-electron chi connectivity index (χ3n) is 2.57. The van der Waals surface area contributed by atoms with Crippen molar-refractivity contribution in [3.05, 3.63) is 69.2 Å². The first-order valence-electron chi connectivity index (χ1n) is 5.18. The highest BCUT2D eigenvalue weighted by molar-refractivity contribution is 9.10. The van der Waals surface area contributed by atoms with Crippen LogP contribution in [0.15, 0.2) is 53.0 Å². The van der Waals surface area contributed by atoms with Gasteiger partial charge in [-0.05, 0) is 29.3 Å². The molecule has 2 rings (SSSR count). The third kappa shape index (κ3) is 2.87. The molecule has 2 aromatic carbocycles. The molecule has 2 nitrogen and oxygen atoms in total. The summed E-state index contributed by atoms with van der Waals surface area (Å²) in [7, 11) is 0. The molecule has 17 heavy (non-hydrogen) atoms. The lowest BCUT2D eigenvalue weighted by Crippen LogP contribution is -2.29. The van der Waals surface area contributed by atoms with Crippen LogP contribution < -0.4 is 11.3 Å². The van der Waals surface area contributed by atoms with Crippen molar-refractivity contribution in [3.8, 4) is 0 Å². The highest BCUT2D eigenvalue weighted by atomic mass is 79.9. The zero-order valence-electron chi connectivity index (χ0n) is 9.03. The summed E-state index contributed by atoms with van der Waals surface area (Å²) in [5.41, 5.74) is 4.83. The number of hydrogen-bond donors (Lipinski definition) is 2. The number of hydrogen-bond acceptors (Lipinski definition) is 2. The van der Waals surface area contributed by atoms with E-state index >= 15 is 0 Å². The van der Waals surface area contributed by atoms with Gasteiger partial charge in [-0.1, -0.05) is 57.9 Å². The first kappa shape index (κ1) is 12.6. The minimum atomic E-state index is -0.110. The molecule has 2 aromatic rings. The molecular weight excluding hydrogens is 300 g/mol. The summed E-state index contributed by atoms with van der Waals surface area (Å²) in [4.78, 5) is 0. The fraction of sp³-hybridized carbons (Fsp3) is 0.0769. The summed E-state index contributed by atoms with van der Waals surface area (Å²) in [6, 6.07) is 15.6. The Hall–Kier alpha value is -0.870. The van der Waals surface area contributed by atoms with E-state index in [4.69, 9.17) is 17.4 Å². The number of rotatable bonds is 3. The number of halogens is 2. The summed E-state index contributed by atoms with van der Waals surface area (Å²) in [6.45, 7) is 0. The molecule has 0 bridgehead atoms. The number of benzene rings is 2. The number of nitrogens with one attached hydrogen (secondary N) is 1. The van der Waals surface area contributed by atoms with E-state index in [0.29, 0.717) is 5.02 Å². The van der Waals surface area contributed by atoms with E-state index in [1.165, 1.54) is 0 Å². The molecule has 0 aliphatic rings. The average Bonchev–Trinajstić information content (AvgIpc) is 2.36. The van der Waals surface area contributed by atoms with Gasteiger partial charge >= 0.3 is 0 Å². The molecule has 0 aromatic heterocycles. The van der Waals surface area contributed by atoms with Crippen molar-refractivity contribution in [2.24, 2.45) is 5.84 Å². The first-order valence-corrected chi connectivity index (χ1v) is 6.35. The topological polar surface area (TPSA) is 38.0 Å². The normalized spacial score (nSPS) is 12.4. The van der Waals surface area contributed by atoms with E-state index in [1.807, 2.05) is 48.5 Å². The highest BCUT2D eigenvalue weighted by Crippen LogP contribution is 2.30. The molecule has 1 atom stereocenters. The molecule has 1 unspecified atom stereocenters. The smallest absolute Gasteiger partial charge is 0.0724 e. The monoisotopic (exact) mass is 310 g/mol. The van der Waals surface area contributed by atoms with Gasteiger partial charge in [-0.25, -0.2) is 5.43 Å². The van der Waals surface area contributed by atoms with E-state index < -0.39 is 0 Å². The maximum Gasteiger partial charge on any atom is 0.0724 e. The number of nitrogens with two attached hydrogens (primary N) is 1. The van der Waals surface area contributed by atoms with Gasteiger partial charge < -0.3 is 0 Å². The van der Waals surface area contributed by atoms with Gasteiger partial charge in [0.1, 0.15) is 0 Å². The second-order valence-corrected chi connectivity index (χ2v) is 5.00. The van der Waals surface area contributed by atoms with E-state index in [1.54, 1.807) is 0 Å². The van der Waals surface area contributed by atoms with Crippen molar-refractivity contribution in [3.63, 3.8) is 0 Å². The zero-order valence-corrected chi connectivity index (χ0v) is 11.4. The third-order valence-corrected chi connectivity index (χ3v) is 3.41. The van der Waals surface area contributed by atoms with Crippen LogP contribution in [-0.2, 0) is 0 Å². The van der Waals surface area contributed by atoms with Crippen LogP contribution in [0.4, 0.5) is 0 Å². The van der Waals surface area contributed by atoms with Crippen LogP contribution >= 0.6 is 27.5 Å². The van der Waals surface area contributed by atoms with Crippen LogP contribution in [0.5, 0.6) is 0 Å². The summed E-state index contributed by atoms with van der Waals surface area (Å²) in [5.74, 6) is 5.63. The Labute approximate surface area is 114 Å². The van der Waals surface area contributed by atoms with E-state index in [2.05, 4.69) is 21.4 Å². The van der Waals surface area contributed by atoms with Gasteiger partial charge in [-0.2, -0.15) is 0 Å². The quantitative estimate of drug-likeness (QED) is 0.670. The Morgan fingerprint density at radius 1 is 1.12 bits per heavy atom. The molecule has 0 saturated heterocycles. The van der Waals surface area contributed by atoms with Crippen LogP contribution in [-0.4, -0.2) is 0 Å². The Balaban J connectivity index is 2.46. The summed E-state index contributed by atoms with van der Waals surface area (Å²) in [6.07, 6.45) is 0. The van der Waals surface area contributed by atoms with Crippen molar-refractivity contribution >= 4 is 27.5 Å². The van der Waals surface area contributed by atoms with E-state index in [0.717, 1.165) is 15.6 Å². The second kappa shape index (κ2) is 5.65. The molecule has 0 aliphatic carbocycles. The Bertz CT molecular complexity index is 502. The lowest BCUT2D eigenvalue weighted by Gasteiger charge is -2.18. The number of hydrazine groups is 1. The Kier molecular flexibility index (Phi) is 4.18. The molecule has 0 amide bonds. The summed E-state index contributed by atoms with van der Waals surface area (Å²) < 4.78 is 0.980. The molecule has 0 aliphatic heterocycles. The minimum Gasteiger partial charge on any atom is -0.271 e. The second-order valence-electron chi connectivity index (χ2n) is 3.68. The van der Waals surface area contributed by atoms with E-state index in [9.17, 15) is 0 Å². The van der Waals surface area contributed by atoms with Gasteiger partial charge in [0.15, 0.2) is 0 Å². The first-order chi connectivity index (χ1) is 8.22. The standard InChI is InChI=1S/C13H12BrClN2/c14-10-6-7-12(15)11(8-10)13(17-16)9-4-2-1-3-5-9/h1-8,13,17H,16H2. The van der Waals surface area contributed by atoms with Crippen LogP contribution in [0.2, 0.25) is 5.02 Å². The van der Waals surface area contributed by atoms with Gasteiger partial charge in [-0.15, -0.1) is 0 Å². The lowest BCUT2D eigenvalue weighted by molar-refractivity contribution is 0.637. The zero-order chi connectivity index (χ0) is 12.3. The van der Waals surface area contributed by atoms with Crippen LogP contribution in [0.25, 0.3) is 0 Å². The molecule has 4 heteroatoms. The van der Waals surface area contributed by atoms with Gasteiger partial charge in [0.25, 0.3) is 0 Å². The van der Waals surface area contributed by atoms with Crippen LogP contribution in [0.3, 0.4) is 0 Å². The van der Waals surface area contributed by atoms with Crippen molar-refractivity contribution < 1.29 is 0 Å². The van der Waals surface area contributed by atoms with Gasteiger partial charge in [0.2, 0.25) is 0 Å². The largest absolute Gasteiger partial charge is 0.271 e. The Morgan fingerprint density at radius 3 is 2.47 bits per heavy atom. The molecule has 0 saturated carbocycles. The molecule has 0 spiro atoms. The van der Waals surface area contributed by atoms with Crippen molar-refractivity contribution in [1.29, 1.82) is 0 Å². The molecule has 88 valence electrons. The van der Waals surface area contributed by atoms with Crippen molar-refractivity contribution in [1.82, 2.24) is 5.43 Å². The average molecular weight is 312 g/mol. The predicted molar refractivity (Wildman–Crippen MR) is 74.8 cm³/mol. The van der Waals surface area contributed by atoms with Gasteiger partial charge in [0.05, 0.1) is 6.04 Å². The molecule has 3 N–H and O–H groups in total. The predicted octanol–water partition coefficient (Wildman–Crippen LogP) is 3.66. The van der Waals surface area contributed by atoms with Crippen LogP contribution in [0, 0.1) is 0 Å².